The van der Waals surface area contributed by atoms with Crippen molar-refractivity contribution in [2.45, 2.75) is 37.5 Å². The number of carbonyl (C=O) groups excluding carboxylic acids is 1. The molecule has 3 rings (SSSR count). The minimum Gasteiger partial charge on any atom is -0.342 e. The first kappa shape index (κ1) is 18.4. The van der Waals surface area contributed by atoms with Crippen molar-refractivity contribution in [1.82, 2.24) is 9.80 Å². The molecular formula is C19H28N2O3S. The van der Waals surface area contributed by atoms with E-state index in [4.69, 9.17) is 0 Å². The van der Waals surface area contributed by atoms with Crippen molar-refractivity contribution in [3.8, 4) is 0 Å². The minimum atomic E-state index is -3.23. The monoisotopic (exact) mass is 364 g/mol. The Labute approximate surface area is 150 Å². The lowest BCUT2D eigenvalue weighted by Crippen LogP contribution is -2.54. The van der Waals surface area contributed by atoms with Gasteiger partial charge in [-0.25, -0.2) is 8.42 Å². The van der Waals surface area contributed by atoms with Crippen LogP contribution in [0.15, 0.2) is 35.2 Å². The lowest BCUT2D eigenvalue weighted by atomic mass is 9.73. The molecule has 0 N–H and O–H groups in total. The highest BCUT2D eigenvalue weighted by Crippen LogP contribution is 2.38. The number of hydrogen-bond donors (Lipinski definition) is 0. The van der Waals surface area contributed by atoms with Crippen molar-refractivity contribution in [2.24, 2.45) is 5.41 Å². The van der Waals surface area contributed by atoms with E-state index in [0.717, 1.165) is 45.4 Å². The molecule has 2 fully saturated rings. The second-order valence-electron chi connectivity index (χ2n) is 7.42. The minimum absolute atomic E-state index is 0.151. The first-order chi connectivity index (χ1) is 11.9. The first-order valence-corrected chi connectivity index (χ1v) is 10.9. The van der Waals surface area contributed by atoms with Gasteiger partial charge in [0.05, 0.1) is 10.6 Å². The Balaban J connectivity index is 1.62. The maximum absolute atomic E-state index is 12.5. The van der Waals surface area contributed by atoms with Crippen LogP contribution < -0.4 is 0 Å². The molecule has 2 heterocycles. The van der Waals surface area contributed by atoms with Crippen molar-refractivity contribution in [1.29, 1.82) is 0 Å². The molecule has 2 aliphatic rings. The number of likely N-dealkylation sites (tertiary alicyclic amines) is 2. The number of benzene rings is 1. The maximum atomic E-state index is 12.5. The number of hydrogen-bond acceptors (Lipinski definition) is 4. The van der Waals surface area contributed by atoms with Gasteiger partial charge in [-0.3, -0.25) is 4.79 Å². The molecule has 1 amide bonds. The molecule has 6 heteroatoms. The summed E-state index contributed by atoms with van der Waals surface area (Å²) in [6.07, 6.45) is 3.78. The molecular weight excluding hydrogens is 336 g/mol. The summed E-state index contributed by atoms with van der Waals surface area (Å²) in [5, 5.41) is 0. The molecule has 1 aromatic rings. The predicted octanol–water partition coefficient (Wildman–Crippen LogP) is 2.18. The third-order valence-corrected chi connectivity index (χ3v) is 7.36. The van der Waals surface area contributed by atoms with Crippen molar-refractivity contribution in [3.05, 3.63) is 30.3 Å². The highest BCUT2D eigenvalue weighted by Gasteiger charge is 2.41. The van der Waals surface area contributed by atoms with Gasteiger partial charge in [0.1, 0.15) is 0 Å². The summed E-state index contributed by atoms with van der Waals surface area (Å²) in [5.41, 5.74) is 0.151. The van der Waals surface area contributed by atoms with Crippen molar-refractivity contribution < 1.29 is 13.2 Å². The Morgan fingerprint density at radius 2 is 1.88 bits per heavy atom. The summed E-state index contributed by atoms with van der Waals surface area (Å²) in [6.45, 7) is 6.05. The van der Waals surface area contributed by atoms with E-state index >= 15 is 0 Å². The molecule has 1 unspecified atom stereocenters. The molecule has 0 aliphatic carbocycles. The van der Waals surface area contributed by atoms with Crippen LogP contribution in [-0.2, 0) is 14.6 Å². The van der Waals surface area contributed by atoms with Crippen LogP contribution in [0.4, 0.5) is 0 Å². The van der Waals surface area contributed by atoms with Gasteiger partial charge in [0, 0.05) is 38.0 Å². The Morgan fingerprint density at radius 3 is 2.60 bits per heavy atom. The molecule has 5 nitrogen and oxygen atoms in total. The number of piperidine rings is 2. The standard InChI is InChI=1S/C19H28N2O3S/c1-2-21-16-19(11-9-18(21)22)10-6-12-20(15-19)13-14-25(23,24)17-7-4-3-5-8-17/h3-5,7-8H,2,6,9-16H2,1H3. The zero-order valence-corrected chi connectivity index (χ0v) is 15.8. The Morgan fingerprint density at radius 1 is 1.12 bits per heavy atom. The fourth-order valence-corrected chi connectivity index (χ4v) is 5.53. The fourth-order valence-electron chi connectivity index (χ4n) is 4.22. The van der Waals surface area contributed by atoms with E-state index in [2.05, 4.69) is 4.90 Å². The molecule has 0 saturated carbocycles. The van der Waals surface area contributed by atoms with Crippen molar-refractivity contribution >= 4 is 15.7 Å². The van der Waals surface area contributed by atoms with E-state index in [-0.39, 0.29) is 17.1 Å². The SMILES string of the molecule is CCN1CC2(CCCN(CCS(=O)(=O)c3ccccc3)C2)CCC1=O. The first-order valence-electron chi connectivity index (χ1n) is 9.22. The third kappa shape index (κ3) is 4.23. The van der Waals surface area contributed by atoms with E-state index in [1.54, 1.807) is 24.3 Å². The predicted molar refractivity (Wildman–Crippen MR) is 98.1 cm³/mol. The van der Waals surface area contributed by atoms with Gasteiger partial charge < -0.3 is 9.80 Å². The Bertz CT molecular complexity index is 705. The average molecular weight is 365 g/mol. The number of rotatable bonds is 5. The van der Waals surface area contributed by atoms with E-state index in [0.29, 0.717) is 17.9 Å². The number of carbonyl (C=O) groups is 1. The molecule has 138 valence electrons. The third-order valence-electron chi connectivity index (χ3n) is 5.65. The molecule has 0 aromatic heterocycles. The molecule has 2 saturated heterocycles. The highest BCUT2D eigenvalue weighted by atomic mass is 32.2. The largest absolute Gasteiger partial charge is 0.342 e. The van der Waals surface area contributed by atoms with Gasteiger partial charge in [0.15, 0.2) is 9.84 Å². The van der Waals surface area contributed by atoms with E-state index in [1.807, 2.05) is 17.9 Å². The van der Waals surface area contributed by atoms with Gasteiger partial charge in [0.25, 0.3) is 0 Å². The lowest BCUT2D eigenvalue weighted by Gasteiger charge is -2.48. The summed E-state index contributed by atoms with van der Waals surface area (Å²) in [6, 6.07) is 8.69. The summed E-state index contributed by atoms with van der Waals surface area (Å²) in [5.74, 6) is 0.417. The Kier molecular flexibility index (Phi) is 5.49. The molecule has 25 heavy (non-hydrogen) atoms. The summed E-state index contributed by atoms with van der Waals surface area (Å²) >= 11 is 0. The molecule has 0 radical (unpaired) electrons. The average Bonchev–Trinajstić information content (AvgIpc) is 2.63. The summed E-state index contributed by atoms with van der Waals surface area (Å²) < 4.78 is 25.0. The van der Waals surface area contributed by atoms with Crippen LogP contribution in [0.5, 0.6) is 0 Å². The Hall–Kier alpha value is -1.40. The summed E-state index contributed by atoms with van der Waals surface area (Å²) in [4.78, 5) is 16.6. The molecule has 0 bridgehead atoms. The molecule has 1 spiro atoms. The number of amides is 1. The lowest BCUT2D eigenvalue weighted by molar-refractivity contribution is -0.139. The molecule has 1 atom stereocenters. The molecule has 2 aliphatic heterocycles. The maximum Gasteiger partial charge on any atom is 0.222 e. The smallest absolute Gasteiger partial charge is 0.222 e. The number of nitrogens with zero attached hydrogens (tertiary/aromatic N) is 2. The van der Waals surface area contributed by atoms with Gasteiger partial charge >= 0.3 is 0 Å². The van der Waals surface area contributed by atoms with Gasteiger partial charge in [-0.05, 0) is 44.9 Å². The van der Waals surface area contributed by atoms with Gasteiger partial charge in [0.2, 0.25) is 5.91 Å². The quantitative estimate of drug-likeness (QED) is 0.804. The number of sulfone groups is 1. The van der Waals surface area contributed by atoms with Crippen LogP contribution in [0.3, 0.4) is 0 Å². The van der Waals surface area contributed by atoms with E-state index in [1.165, 1.54) is 0 Å². The van der Waals surface area contributed by atoms with Crippen molar-refractivity contribution in [2.75, 3.05) is 38.5 Å². The normalized spacial score (nSPS) is 25.5. The van der Waals surface area contributed by atoms with Crippen molar-refractivity contribution in [3.63, 3.8) is 0 Å². The zero-order chi connectivity index (χ0) is 17.9. The van der Waals surface area contributed by atoms with Gasteiger partial charge in [-0.15, -0.1) is 0 Å². The van der Waals surface area contributed by atoms with Crippen LogP contribution in [0, 0.1) is 5.41 Å². The van der Waals surface area contributed by atoms with E-state index in [9.17, 15) is 13.2 Å². The van der Waals surface area contributed by atoms with Crippen LogP contribution in [0.2, 0.25) is 0 Å². The van der Waals surface area contributed by atoms with Crippen LogP contribution in [0.25, 0.3) is 0 Å². The zero-order valence-electron chi connectivity index (χ0n) is 15.0. The van der Waals surface area contributed by atoms with Gasteiger partial charge in [-0.1, -0.05) is 18.2 Å². The van der Waals surface area contributed by atoms with Crippen LogP contribution in [0.1, 0.15) is 32.6 Å². The van der Waals surface area contributed by atoms with Crippen LogP contribution in [-0.4, -0.2) is 62.6 Å². The highest BCUT2D eigenvalue weighted by molar-refractivity contribution is 7.91. The second kappa shape index (κ2) is 7.46. The topological polar surface area (TPSA) is 57.7 Å². The van der Waals surface area contributed by atoms with Crippen LogP contribution >= 0.6 is 0 Å². The second-order valence-corrected chi connectivity index (χ2v) is 9.53. The fraction of sp³-hybridized carbons (Fsp3) is 0.632. The summed E-state index contributed by atoms with van der Waals surface area (Å²) in [7, 11) is -3.23. The molecule has 1 aromatic carbocycles. The van der Waals surface area contributed by atoms with Gasteiger partial charge in [-0.2, -0.15) is 0 Å². The van der Waals surface area contributed by atoms with E-state index < -0.39 is 9.84 Å².